The van der Waals surface area contributed by atoms with Crippen LogP contribution in [0.3, 0.4) is 0 Å². The molecule has 0 spiro atoms. The van der Waals surface area contributed by atoms with E-state index in [1.54, 1.807) is 4.90 Å². The van der Waals surface area contributed by atoms with Crippen LogP contribution in [-0.2, 0) is 19.2 Å². The monoisotopic (exact) mass is 280 g/mol. The molecule has 3 fully saturated rings. The second-order valence-corrected chi connectivity index (χ2v) is 5.67. The van der Waals surface area contributed by atoms with Crippen LogP contribution >= 0.6 is 0 Å². The summed E-state index contributed by atoms with van der Waals surface area (Å²) in [5.74, 6) is -1.19. The van der Waals surface area contributed by atoms with Gasteiger partial charge in [-0.25, -0.2) is 0 Å². The number of carbonyl (C=O) groups is 4. The van der Waals surface area contributed by atoms with Crippen molar-refractivity contribution in [3.05, 3.63) is 0 Å². The van der Waals surface area contributed by atoms with Gasteiger partial charge in [-0.2, -0.15) is 0 Å². The molecule has 3 rings (SSSR count). The highest BCUT2D eigenvalue weighted by atomic mass is 16.2. The fourth-order valence-electron chi connectivity index (χ4n) is 2.92. The van der Waals surface area contributed by atoms with E-state index in [1.165, 1.54) is 0 Å². The molecule has 2 heterocycles. The molecule has 0 unspecified atom stereocenters. The first-order valence-electron chi connectivity index (χ1n) is 6.60. The number of nitrogens with zero attached hydrogens (tertiary/aromatic N) is 2. The average molecular weight is 280 g/mol. The molecule has 2 saturated heterocycles. The maximum atomic E-state index is 11.4. The maximum Gasteiger partial charge on any atom is 0.240 e. The number of imide groups is 2. The number of carbonyl (C=O) groups excluding carboxylic acids is 4. The van der Waals surface area contributed by atoms with Crippen LogP contribution in [0.15, 0.2) is 0 Å². The number of piperazine rings is 2. The second-order valence-electron chi connectivity index (χ2n) is 5.67. The van der Waals surface area contributed by atoms with Crippen LogP contribution in [0.25, 0.3) is 0 Å². The molecule has 0 aromatic carbocycles. The van der Waals surface area contributed by atoms with Gasteiger partial charge < -0.3 is 0 Å². The summed E-state index contributed by atoms with van der Waals surface area (Å²) in [5.41, 5.74) is -0.245. The Morgan fingerprint density at radius 3 is 1.70 bits per heavy atom. The Morgan fingerprint density at radius 2 is 1.25 bits per heavy atom. The van der Waals surface area contributed by atoms with E-state index in [0.717, 1.165) is 12.8 Å². The van der Waals surface area contributed by atoms with Crippen molar-refractivity contribution in [2.75, 3.05) is 32.7 Å². The van der Waals surface area contributed by atoms with Crippen molar-refractivity contribution in [1.82, 2.24) is 20.4 Å². The summed E-state index contributed by atoms with van der Waals surface area (Å²) in [6.07, 6.45) is 1.75. The van der Waals surface area contributed by atoms with Gasteiger partial charge in [0.2, 0.25) is 23.6 Å². The molecule has 3 aliphatic rings. The number of amides is 4. The fraction of sp³-hybridized carbons (Fsp3) is 0.667. The molecule has 0 aromatic heterocycles. The molecule has 0 aromatic rings. The summed E-state index contributed by atoms with van der Waals surface area (Å²) < 4.78 is 0. The molecule has 0 radical (unpaired) electrons. The summed E-state index contributed by atoms with van der Waals surface area (Å²) >= 11 is 0. The van der Waals surface area contributed by atoms with E-state index in [2.05, 4.69) is 10.6 Å². The summed E-state index contributed by atoms with van der Waals surface area (Å²) in [5, 5.41) is 4.53. The van der Waals surface area contributed by atoms with Gasteiger partial charge in [-0.05, 0) is 12.8 Å². The zero-order valence-electron chi connectivity index (χ0n) is 11.0. The highest BCUT2D eigenvalue weighted by Gasteiger charge is 2.51. The lowest BCUT2D eigenvalue weighted by molar-refractivity contribution is -0.141. The van der Waals surface area contributed by atoms with Crippen LogP contribution in [-0.4, -0.2) is 71.7 Å². The Labute approximate surface area is 115 Å². The van der Waals surface area contributed by atoms with E-state index >= 15 is 0 Å². The lowest BCUT2D eigenvalue weighted by Gasteiger charge is -2.37. The molecule has 20 heavy (non-hydrogen) atoms. The lowest BCUT2D eigenvalue weighted by atomic mass is 10.1. The Kier molecular flexibility index (Phi) is 3.06. The van der Waals surface area contributed by atoms with Crippen LogP contribution in [0.1, 0.15) is 12.8 Å². The van der Waals surface area contributed by atoms with Crippen LogP contribution in [0, 0.1) is 0 Å². The first-order chi connectivity index (χ1) is 9.47. The van der Waals surface area contributed by atoms with Crippen LogP contribution in [0.2, 0.25) is 0 Å². The van der Waals surface area contributed by atoms with Gasteiger partial charge in [0.1, 0.15) is 0 Å². The second kappa shape index (κ2) is 4.64. The quantitative estimate of drug-likeness (QED) is 0.552. The Bertz CT molecular complexity index is 468. The molecule has 2 aliphatic heterocycles. The summed E-state index contributed by atoms with van der Waals surface area (Å²) in [6.45, 7) is 1.29. The number of hydrogen-bond acceptors (Lipinski definition) is 6. The third-order valence-corrected chi connectivity index (χ3v) is 3.98. The van der Waals surface area contributed by atoms with Crippen molar-refractivity contribution < 1.29 is 19.2 Å². The molecule has 0 atom stereocenters. The minimum atomic E-state index is -0.301. The van der Waals surface area contributed by atoms with Crippen molar-refractivity contribution in [2.24, 2.45) is 0 Å². The van der Waals surface area contributed by atoms with Crippen LogP contribution in [0.4, 0.5) is 0 Å². The normalized spacial score (nSPS) is 27.2. The molecule has 1 aliphatic carbocycles. The highest BCUT2D eigenvalue weighted by molar-refractivity contribution is 6.00. The Hall–Kier alpha value is -1.80. The molecular formula is C12H16N4O4. The number of rotatable bonds is 3. The van der Waals surface area contributed by atoms with Gasteiger partial charge in [0.25, 0.3) is 0 Å². The standard InChI is InChI=1S/C12H16N4O4/c17-8-3-15(4-9(18)13-8)7-12(1-2-12)16-5-10(19)14-11(20)6-16/h1-7H2,(H,13,17,18)(H,14,19,20). The van der Waals surface area contributed by atoms with E-state index in [9.17, 15) is 19.2 Å². The Balaban J connectivity index is 1.67. The largest absolute Gasteiger partial charge is 0.294 e. The molecule has 0 bridgehead atoms. The first kappa shape index (κ1) is 13.2. The smallest absolute Gasteiger partial charge is 0.240 e. The van der Waals surface area contributed by atoms with Crippen molar-refractivity contribution in [1.29, 1.82) is 0 Å². The van der Waals surface area contributed by atoms with E-state index in [1.807, 2.05) is 4.90 Å². The number of hydrogen-bond donors (Lipinski definition) is 2. The Morgan fingerprint density at radius 1 is 0.800 bits per heavy atom. The molecule has 108 valence electrons. The first-order valence-corrected chi connectivity index (χ1v) is 6.60. The van der Waals surface area contributed by atoms with Gasteiger partial charge in [0.05, 0.1) is 26.2 Å². The summed E-state index contributed by atoms with van der Waals surface area (Å²) in [4.78, 5) is 49.3. The molecule has 8 nitrogen and oxygen atoms in total. The van der Waals surface area contributed by atoms with Crippen molar-refractivity contribution >= 4 is 23.6 Å². The van der Waals surface area contributed by atoms with Crippen LogP contribution < -0.4 is 10.6 Å². The van der Waals surface area contributed by atoms with Gasteiger partial charge >= 0.3 is 0 Å². The molecule has 8 heteroatoms. The van der Waals surface area contributed by atoms with Gasteiger partial charge in [0.15, 0.2) is 0 Å². The summed E-state index contributed by atoms with van der Waals surface area (Å²) in [7, 11) is 0. The zero-order chi connectivity index (χ0) is 14.3. The predicted molar refractivity (Wildman–Crippen MR) is 66.3 cm³/mol. The molecule has 4 amide bonds. The topological polar surface area (TPSA) is 98.8 Å². The van der Waals surface area contributed by atoms with Crippen molar-refractivity contribution in [3.63, 3.8) is 0 Å². The van der Waals surface area contributed by atoms with Gasteiger partial charge in [-0.15, -0.1) is 0 Å². The third kappa shape index (κ3) is 2.56. The number of nitrogens with one attached hydrogen (secondary N) is 2. The molecular weight excluding hydrogens is 264 g/mol. The third-order valence-electron chi connectivity index (χ3n) is 3.98. The van der Waals surface area contributed by atoms with Crippen molar-refractivity contribution in [3.8, 4) is 0 Å². The van der Waals surface area contributed by atoms with Crippen LogP contribution in [0.5, 0.6) is 0 Å². The van der Waals surface area contributed by atoms with E-state index < -0.39 is 0 Å². The molecule has 1 saturated carbocycles. The SMILES string of the molecule is O=C1CN(CC2(N3CC(=O)NC(=O)C3)CC2)CC(=O)N1. The lowest BCUT2D eigenvalue weighted by Crippen LogP contribution is -2.60. The highest BCUT2D eigenvalue weighted by Crippen LogP contribution is 2.42. The van der Waals surface area contributed by atoms with Gasteiger partial charge in [0, 0.05) is 12.1 Å². The minimum Gasteiger partial charge on any atom is -0.294 e. The van der Waals surface area contributed by atoms with E-state index in [0.29, 0.717) is 6.54 Å². The zero-order valence-corrected chi connectivity index (χ0v) is 11.0. The average Bonchev–Trinajstić information content (AvgIpc) is 3.07. The van der Waals surface area contributed by atoms with Crippen molar-refractivity contribution in [2.45, 2.75) is 18.4 Å². The predicted octanol–water partition coefficient (Wildman–Crippen LogP) is -2.56. The van der Waals surface area contributed by atoms with Gasteiger partial charge in [-0.3, -0.25) is 39.6 Å². The molecule has 2 N–H and O–H groups in total. The fourth-order valence-corrected chi connectivity index (χ4v) is 2.92. The van der Waals surface area contributed by atoms with E-state index in [-0.39, 0.29) is 55.3 Å². The maximum absolute atomic E-state index is 11.4. The van der Waals surface area contributed by atoms with E-state index in [4.69, 9.17) is 0 Å². The minimum absolute atomic E-state index is 0.182. The van der Waals surface area contributed by atoms with Gasteiger partial charge in [-0.1, -0.05) is 0 Å². The summed E-state index contributed by atoms with van der Waals surface area (Å²) in [6, 6.07) is 0.